The number of nitrogens with zero attached hydrogens (tertiary/aromatic N) is 3. The van der Waals surface area contributed by atoms with Crippen molar-refractivity contribution in [1.82, 2.24) is 4.90 Å². The van der Waals surface area contributed by atoms with Crippen molar-refractivity contribution in [2.24, 2.45) is 11.8 Å². The Labute approximate surface area is 202 Å². The van der Waals surface area contributed by atoms with Crippen molar-refractivity contribution in [3.63, 3.8) is 0 Å². The summed E-state index contributed by atoms with van der Waals surface area (Å²) in [6, 6.07) is 20.2. The number of carbonyl (C=O) groups is 2. The number of amides is 1. The van der Waals surface area contributed by atoms with Crippen LogP contribution in [0.15, 0.2) is 54.6 Å². The van der Waals surface area contributed by atoms with E-state index in [9.17, 15) is 9.59 Å². The van der Waals surface area contributed by atoms with Crippen LogP contribution in [0.4, 0.5) is 5.69 Å². The molecule has 0 atom stereocenters. The highest BCUT2D eigenvalue weighted by Gasteiger charge is 2.35. The number of hydrogen-bond acceptors (Lipinski definition) is 5. The van der Waals surface area contributed by atoms with Crippen molar-refractivity contribution in [2.75, 3.05) is 25.1 Å². The molecule has 1 aliphatic heterocycles. The van der Waals surface area contributed by atoms with Crippen LogP contribution in [0.1, 0.15) is 49.7 Å². The molecule has 1 saturated heterocycles. The van der Waals surface area contributed by atoms with Crippen LogP contribution in [-0.2, 0) is 20.9 Å². The van der Waals surface area contributed by atoms with E-state index in [0.29, 0.717) is 12.1 Å². The van der Waals surface area contributed by atoms with Crippen LogP contribution in [0.2, 0.25) is 0 Å². The van der Waals surface area contributed by atoms with Gasteiger partial charge in [0.1, 0.15) is 0 Å². The molecule has 2 fully saturated rings. The quantitative estimate of drug-likeness (QED) is 0.593. The van der Waals surface area contributed by atoms with Gasteiger partial charge in [0.05, 0.1) is 24.7 Å². The smallest absolute Gasteiger partial charge is 0.308 e. The number of hydrogen-bond donors (Lipinski definition) is 0. The maximum absolute atomic E-state index is 13.8. The van der Waals surface area contributed by atoms with E-state index in [0.717, 1.165) is 62.9 Å². The number of methoxy groups -OCH3 is 1. The van der Waals surface area contributed by atoms with Gasteiger partial charge in [0.25, 0.3) is 0 Å². The molecule has 0 bridgehead atoms. The van der Waals surface area contributed by atoms with Gasteiger partial charge in [-0.2, -0.15) is 5.26 Å². The van der Waals surface area contributed by atoms with Crippen LogP contribution in [0.3, 0.4) is 0 Å². The number of rotatable bonds is 6. The normalized spacial score (nSPS) is 20.9. The molecular weight excluding hydrogens is 426 g/mol. The van der Waals surface area contributed by atoms with Crippen LogP contribution < -0.4 is 4.90 Å². The van der Waals surface area contributed by atoms with Crippen molar-refractivity contribution in [3.05, 3.63) is 65.7 Å². The lowest BCUT2D eigenvalue weighted by atomic mass is 9.84. The lowest BCUT2D eigenvalue weighted by Gasteiger charge is -2.40. The number of carbonyl (C=O) groups excluding carboxylic acids is 2. The van der Waals surface area contributed by atoms with Gasteiger partial charge in [-0.3, -0.25) is 9.59 Å². The second-order valence-electron chi connectivity index (χ2n) is 9.40. The zero-order valence-corrected chi connectivity index (χ0v) is 19.9. The van der Waals surface area contributed by atoms with Crippen LogP contribution in [-0.4, -0.2) is 43.0 Å². The third-order valence-corrected chi connectivity index (χ3v) is 7.36. The molecule has 4 rings (SSSR count). The molecule has 6 nitrogen and oxygen atoms in total. The highest BCUT2D eigenvalue weighted by atomic mass is 16.5. The summed E-state index contributed by atoms with van der Waals surface area (Å²) in [4.78, 5) is 30.1. The number of esters is 1. The Bertz CT molecular complexity index is 999. The van der Waals surface area contributed by atoms with Crippen molar-refractivity contribution in [3.8, 4) is 6.07 Å². The Hall–Kier alpha value is -3.33. The van der Waals surface area contributed by atoms with Crippen molar-refractivity contribution in [1.29, 1.82) is 5.26 Å². The van der Waals surface area contributed by atoms with Gasteiger partial charge < -0.3 is 14.5 Å². The number of benzene rings is 2. The maximum atomic E-state index is 13.8. The zero-order valence-electron chi connectivity index (χ0n) is 19.9. The maximum Gasteiger partial charge on any atom is 0.308 e. The summed E-state index contributed by atoms with van der Waals surface area (Å²) >= 11 is 0. The Kier molecular flexibility index (Phi) is 7.84. The first-order valence-corrected chi connectivity index (χ1v) is 12.3. The molecule has 1 aliphatic carbocycles. The molecule has 2 aromatic carbocycles. The molecule has 0 radical (unpaired) electrons. The van der Waals surface area contributed by atoms with E-state index in [-0.39, 0.29) is 29.8 Å². The Morgan fingerprint density at radius 3 is 2.18 bits per heavy atom. The van der Waals surface area contributed by atoms with Crippen molar-refractivity contribution < 1.29 is 14.3 Å². The third kappa shape index (κ3) is 5.59. The van der Waals surface area contributed by atoms with E-state index in [1.165, 1.54) is 7.11 Å². The SMILES string of the molecule is COC(=O)C1CCC(N(Cc2ccccc2)C(=O)C2CCN(c3ccc(C#N)cc3)CC2)CC1. The highest BCUT2D eigenvalue weighted by molar-refractivity contribution is 5.80. The molecule has 0 N–H and O–H groups in total. The van der Waals surface area contributed by atoms with E-state index in [1.807, 2.05) is 42.5 Å². The fourth-order valence-corrected chi connectivity index (χ4v) is 5.32. The van der Waals surface area contributed by atoms with Gasteiger partial charge in [0, 0.05) is 37.3 Å². The van der Waals surface area contributed by atoms with Gasteiger partial charge >= 0.3 is 5.97 Å². The largest absolute Gasteiger partial charge is 0.469 e. The van der Waals surface area contributed by atoms with Gasteiger partial charge in [0.15, 0.2) is 0 Å². The predicted molar refractivity (Wildman–Crippen MR) is 131 cm³/mol. The monoisotopic (exact) mass is 459 g/mol. The molecule has 1 saturated carbocycles. The van der Waals surface area contributed by atoms with E-state index >= 15 is 0 Å². The summed E-state index contributed by atoms with van der Waals surface area (Å²) in [6.07, 6.45) is 4.86. The predicted octanol–water partition coefficient (Wildman–Crippen LogP) is 4.54. The summed E-state index contributed by atoms with van der Waals surface area (Å²) in [5.41, 5.74) is 2.90. The number of nitriles is 1. The lowest BCUT2D eigenvalue weighted by Crippen LogP contribution is -2.47. The number of anilines is 1. The van der Waals surface area contributed by atoms with Gasteiger partial charge in [-0.1, -0.05) is 30.3 Å². The molecule has 0 unspecified atom stereocenters. The second kappa shape index (κ2) is 11.2. The van der Waals surface area contributed by atoms with Crippen molar-refractivity contribution >= 4 is 17.6 Å². The van der Waals surface area contributed by atoms with Crippen LogP contribution in [0.25, 0.3) is 0 Å². The molecule has 6 heteroatoms. The minimum Gasteiger partial charge on any atom is -0.469 e. The molecule has 2 aliphatic rings. The van der Waals surface area contributed by atoms with Crippen LogP contribution >= 0.6 is 0 Å². The first-order chi connectivity index (χ1) is 16.6. The molecule has 34 heavy (non-hydrogen) atoms. The molecule has 178 valence electrons. The minimum absolute atomic E-state index is 0.0108. The van der Waals surface area contributed by atoms with Gasteiger partial charge in [-0.05, 0) is 68.4 Å². The van der Waals surface area contributed by atoms with Crippen LogP contribution in [0, 0.1) is 23.2 Å². The topological polar surface area (TPSA) is 73.6 Å². The van der Waals surface area contributed by atoms with E-state index < -0.39 is 0 Å². The summed E-state index contributed by atoms with van der Waals surface area (Å²) in [7, 11) is 1.45. The van der Waals surface area contributed by atoms with Crippen molar-refractivity contribution in [2.45, 2.75) is 51.1 Å². The van der Waals surface area contributed by atoms with E-state index in [1.54, 1.807) is 0 Å². The summed E-state index contributed by atoms with van der Waals surface area (Å²) in [5.74, 6) is 0.0710. The molecule has 2 aromatic rings. The third-order valence-electron chi connectivity index (χ3n) is 7.36. The Morgan fingerprint density at radius 1 is 0.941 bits per heavy atom. The lowest BCUT2D eigenvalue weighted by molar-refractivity contribution is -0.147. The Balaban J connectivity index is 1.42. The standard InChI is InChI=1S/C28H33N3O3/c1-34-28(33)24-9-13-26(14-10-24)31(20-22-5-3-2-4-6-22)27(32)23-15-17-30(18-16-23)25-11-7-21(19-29)8-12-25/h2-8,11-12,23-24,26H,9-10,13-18,20H2,1H3. The van der Waals surface area contributed by atoms with Gasteiger partial charge in [0.2, 0.25) is 5.91 Å². The molecule has 1 amide bonds. The number of piperidine rings is 1. The fourth-order valence-electron chi connectivity index (χ4n) is 5.32. The fraction of sp³-hybridized carbons (Fsp3) is 0.464. The Morgan fingerprint density at radius 2 is 1.59 bits per heavy atom. The van der Waals surface area contributed by atoms with E-state index in [2.05, 4.69) is 28.0 Å². The van der Waals surface area contributed by atoms with Gasteiger partial charge in [-0.15, -0.1) is 0 Å². The number of ether oxygens (including phenoxy) is 1. The minimum atomic E-state index is -0.130. The summed E-state index contributed by atoms with van der Waals surface area (Å²) in [5, 5.41) is 9.03. The summed E-state index contributed by atoms with van der Waals surface area (Å²) < 4.78 is 4.94. The summed E-state index contributed by atoms with van der Waals surface area (Å²) in [6.45, 7) is 2.27. The first kappa shape index (κ1) is 23.8. The average molecular weight is 460 g/mol. The van der Waals surface area contributed by atoms with Gasteiger partial charge in [-0.25, -0.2) is 0 Å². The average Bonchev–Trinajstić information content (AvgIpc) is 2.92. The zero-order chi connectivity index (χ0) is 23.9. The van der Waals surface area contributed by atoms with Crippen LogP contribution in [0.5, 0.6) is 0 Å². The molecule has 1 heterocycles. The van der Waals surface area contributed by atoms with E-state index in [4.69, 9.17) is 10.00 Å². The first-order valence-electron chi connectivity index (χ1n) is 12.3. The molecule has 0 spiro atoms. The second-order valence-corrected chi connectivity index (χ2v) is 9.40. The molecule has 0 aromatic heterocycles. The molecular formula is C28H33N3O3. The highest BCUT2D eigenvalue weighted by Crippen LogP contribution is 2.32.